The molecule has 0 spiro atoms. The van der Waals surface area contributed by atoms with E-state index in [-0.39, 0.29) is 5.91 Å². The topological polar surface area (TPSA) is 83.9 Å². The van der Waals surface area contributed by atoms with Crippen molar-refractivity contribution in [1.29, 1.82) is 0 Å². The average molecular weight is 532 g/mol. The van der Waals surface area contributed by atoms with Gasteiger partial charge in [0.15, 0.2) is 11.6 Å². The standard InChI is InChI=1S/C29H27F2N5O3/c1-17-27(18(2)39-33-17)20-10-13-35-25(14-20)32-28(29(35)19-8-11-34(16-37)12-9-19)24-4-3-5-26(38)36(24)21-6-7-22(30)23(31)15-21/h6-8,10,13-16,24H,3-5,9,11-12H2,1-2H3. The first-order valence-corrected chi connectivity index (χ1v) is 13.0. The maximum absolute atomic E-state index is 14.3. The molecule has 3 aromatic heterocycles. The molecule has 1 aromatic carbocycles. The van der Waals surface area contributed by atoms with Crippen molar-refractivity contribution in [2.45, 2.75) is 45.6 Å². The number of piperidine rings is 1. The summed E-state index contributed by atoms with van der Waals surface area (Å²) in [6.45, 7) is 4.78. The van der Waals surface area contributed by atoms with Crippen LogP contribution in [-0.2, 0) is 9.59 Å². The maximum atomic E-state index is 14.3. The molecule has 5 heterocycles. The number of aromatic nitrogens is 3. The molecule has 1 unspecified atom stereocenters. The highest BCUT2D eigenvalue weighted by Crippen LogP contribution is 2.41. The second-order valence-electron chi connectivity index (χ2n) is 10.0. The number of rotatable bonds is 5. The fourth-order valence-electron chi connectivity index (χ4n) is 5.75. The second kappa shape index (κ2) is 9.76. The summed E-state index contributed by atoms with van der Waals surface area (Å²) in [4.78, 5) is 32.9. The molecule has 200 valence electrons. The van der Waals surface area contributed by atoms with Crippen LogP contribution in [0.4, 0.5) is 14.5 Å². The lowest BCUT2D eigenvalue weighted by molar-refractivity contribution is -0.120. The van der Waals surface area contributed by atoms with E-state index in [1.807, 2.05) is 42.7 Å². The minimum atomic E-state index is -1.01. The van der Waals surface area contributed by atoms with Crippen LogP contribution in [0.15, 0.2) is 47.1 Å². The summed E-state index contributed by atoms with van der Waals surface area (Å²) in [7, 11) is 0. The molecule has 0 saturated carbocycles. The van der Waals surface area contributed by atoms with Gasteiger partial charge in [0.25, 0.3) is 0 Å². The van der Waals surface area contributed by atoms with Gasteiger partial charge in [0.1, 0.15) is 11.4 Å². The third kappa shape index (κ3) is 4.29. The summed E-state index contributed by atoms with van der Waals surface area (Å²) in [6, 6.07) is 7.02. The fourth-order valence-corrected chi connectivity index (χ4v) is 5.75. The molecule has 0 N–H and O–H groups in total. The molecule has 0 bridgehead atoms. The van der Waals surface area contributed by atoms with Gasteiger partial charge in [-0.2, -0.15) is 0 Å². The van der Waals surface area contributed by atoms with E-state index in [9.17, 15) is 18.4 Å². The van der Waals surface area contributed by atoms with Gasteiger partial charge in [0.05, 0.1) is 23.1 Å². The summed E-state index contributed by atoms with van der Waals surface area (Å²) in [5, 5.41) is 4.08. The van der Waals surface area contributed by atoms with E-state index in [1.165, 1.54) is 6.07 Å². The molecule has 10 heteroatoms. The van der Waals surface area contributed by atoms with Crippen LogP contribution in [-0.4, -0.2) is 44.8 Å². The van der Waals surface area contributed by atoms with Gasteiger partial charge in [0, 0.05) is 43.0 Å². The van der Waals surface area contributed by atoms with Gasteiger partial charge in [-0.25, -0.2) is 13.8 Å². The molecular formula is C29H27F2N5O3. The van der Waals surface area contributed by atoms with Gasteiger partial charge in [-0.1, -0.05) is 11.2 Å². The van der Waals surface area contributed by atoms with Crippen LogP contribution in [0.3, 0.4) is 0 Å². The number of pyridine rings is 1. The number of hydrogen-bond acceptors (Lipinski definition) is 5. The molecule has 1 atom stereocenters. The fraction of sp³-hybridized carbons (Fsp3) is 0.310. The first-order chi connectivity index (χ1) is 18.9. The zero-order chi connectivity index (χ0) is 27.3. The molecule has 2 aliphatic rings. The molecule has 0 radical (unpaired) electrons. The third-order valence-corrected chi connectivity index (χ3v) is 7.61. The maximum Gasteiger partial charge on any atom is 0.227 e. The van der Waals surface area contributed by atoms with Crippen molar-refractivity contribution in [3.63, 3.8) is 0 Å². The predicted molar refractivity (Wildman–Crippen MR) is 141 cm³/mol. The van der Waals surface area contributed by atoms with E-state index in [2.05, 4.69) is 5.16 Å². The molecule has 1 fully saturated rings. The molecule has 8 nitrogen and oxygen atoms in total. The van der Waals surface area contributed by atoms with Crippen LogP contribution in [0, 0.1) is 25.5 Å². The van der Waals surface area contributed by atoms with E-state index in [1.54, 1.807) is 9.80 Å². The molecule has 39 heavy (non-hydrogen) atoms. The van der Waals surface area contributed by atoms with Gasteiger partial charge in [-0.15, -0.1) is 0 Å². The molecule has 1 saturated heterocycles. The van der Waals surface area contributed by atoms with Crippen LogP contribution in [0.25, 0.3) is 22.3 Å². The Balaban J connectivity index is 1.54. The summed E-state index contributed by atoms with van der Waals surface area (Å²) in [5.41, 5.74) is 6.12. The first kappa shape index (κ1) is 25.0. The molecule has 0 aliphatic carbocycles. The van der Waals surface area contributed by atoms with Crippen LogP contribution >= 0.6 is 0 Å². The molecule has 2 amide bonds. The summed E-state index contributed by atoms with van der Waals surface area (Å²) in [5.74, 6) is -1.43. The van der Waals surface area contributed by atoms with E-state index in [4.69, 9.17) is 9.51 Å². The van der Waals surface area contributed by atoms with Crippen molar-refractivity contribution in [1.82, 2.24) is 19.4 Å². The summed E-state index contributed by atoms with van der Waals surface area (Å²) >= 11 is 0. The number of amides is 2. The van der Waals surface area contributed by atoms with Crippen LogP contribution in [0.1, 0.15) is 54.6 Å². The highest BCUT2D eigenvalue weighted by Gasteiger charge is 2.36. The first-order valence-electron chi connectivity index (χ1n) is 13.0. The number of aryl methyl sites for hydroxylation is 2. The van der Waals surface area contributed by atoms with Crippen LogP contribution < -0.4 is 4.90 Å². The van der Waals surface area contributed by atoms with E-state index >= 15 is 0 Å². The van der Waals surface area contributed by atoms with Gasteiger partial charge in [-0.05, 0) is 68.5 Å². The van der Waals surface area contributed by atoms with E-state index in [0.29, 0.717) is 61.6 Å². The second-order valence-corrected chi connectivity index (χ2v) is 10.0. The lowest BCUT2D eigenvalue weighted by Gasteiger charge is -2.35. The Labute approximate surface area is 223 Å². The van der Waals surface area contributed by atoms with Crippen LogP contribution in [0.2, 0.25) is 0 Å². The Bertz CT molecular complexity index is 1620. The Kier molecular flexibility index (Phi) is 6.25. The number of benzene rings is 1. The van der Waals surface area contributed by atoms with Crippen molar-refractivity contribution < 1.29 is 22.9 Å². The van der Waals surface area contributed by atoms with Crippen molar-refractivity contribution in [2.24, 2.45) is 0 Å². The molecule has 2 aliphatic heterocycles. The molecule has 4 aromatic rings. The van der Waals surface area contributed by atoms with Gasteiger partial charge in [0.2, 0.25) is 12.3 Å². The van der Waals surface area contributed by atoms with E-state index < -0.39 is 17.7 Å². The highest BCUT2D eigenvalue weighted by molar-refractivity contribution is 5.95. The number of hydrogen-bond donors (Lipinski definition) is 0. The monoisotopic (exact) mass is 531 g/mol. The van der Waals surface area contributed by atoms with Crippen molar-refractivity contribution in [3.8, 4) is 11.1 Å². The number of carbonyl (C=O) groups excluding carboxylic acids is 2. The SMILES string of the molecule is Cc1noc(C)c1-c1ccn2c(C3=CCN(C=O)CC3)c(C3CCCC(=O)N3c3ccc(F)c(F)c3)nc2c1. The number of carbonyl (C=O) groups is 2. The quantitative estimate of drug-likeness (QED) is 0.323. The number of nitrogens with zero attached hydrogens (tertiary/aromatic N) is 5. The molecular weight excluding hydrogens is 504 g/mol. The average Bonchev–Trinajstić information content (AvgIpc) is 3.48. The Morgan fingerprint density at radius 1 is 1.10 bits per heavy atom. The normalized spacial score (nSPS) is 18.1. The number of fused-ring (bicyclic) bond motifs is 1. The van der Waals surface area contributed by atoms with Crippen molar-refractivity contribution >= 4 is 29.2 Å². The number of anilines is 1. The van der Waals surface area contributed by atoms with Crippen LogP contribution in [0.5, 0.6) is 0 Å². The largest absolute Gasteiger partial charge is 0.361 e. The Morgan fingerprint density at radius 3 is 2.64 bits per heavy atom. The Hall–Kier alpha value is -4.34. The number of imidazole rings is 1. The van der Waals surface area contributed by atoms with Crippen molar-refractivity contribution in [3.05, 3.63) is 77.1 Å². The van der Waals surface area contributed by atoms with Gasteiger partial charge in [-0.3, -0.25) is 14.0 Å². The summed E-state index contributed by atoms with van der Waals surface area (Å²) in [6.07, 6.45) is 7.00. The van der Waals surface area contributed by atoms with Crippen molar-refractivity contribution in [2.75, 3.05) is 18.0 Å². The zero-order valence-corrected chi connectivity index (χ0v) is 21.7. The highest BCUT2D eigenvalue weighted by atomic mass is 19.2. The molecule has 6 rings (SSSR count). The predicted octanol–water partition coefficient (Wildman–Crippen LogP) is 5.39. The lowest BCUT2D eigenvalue weighted by atomic mass is 9.93. The van der Waals surface area contributed by atoms with Gasteiger partial charge >= 0.3 is 0 Å². The number of halogens is 2. The third-order valence-electron chi connectivity index (χ3n) is 7.61. The zero-order valence-electron chi connectivity index (χ0n) is 21.7. The minimum Gasteiger partial charge on any atom is -0.361 e. The smallest absolute Gasteiger partial charge is 0.227 e. The lowest BCUT2D eigenvalue weighted by Crippen LogP contribution is -2.39. The Morgan fingerprint density at radius 2 is 1.95 bits per heavy atom. The van der Waals surface area contributed by atoms with Gasteiger partial charge < -0.3 is 14.3 Å². The van der Waals surface area contributed by atoms with E-state index in [0.717, 1.165) is 46.6 Å². The minimum absolute atomic E-state index is 0.165. The summed E-state index contributed by atoms with van der Waals surface area (Å²) < 4.78 is 35.4.